The van der Waals surface area contributed by atoms with Crippen molar-refractivity contribution in [2.45, 2.75) is 49.0 Å². The van der Waals surface area contributed by atoms with Crippen LogP contribution < -0.4 is 5.73 Å². The summed E-state index contributed by atoms with van der Waals surface area (Å²) in [6, 6.07) is 23.5. The standard InChI is InChI=1S/C15H15NO2.C15H17N.CH4.ClH/c1-10-8-11(2)15(12(3)9-10)13-4-6-14(7-5-13)16(17)18;1-10-8-11(2)15(12(3)9-10)13-4-6-14(16)7-5-13;;/h4-9H,1-3H3;4-9H,16H2,1-3H3;1H4;1H. The van der Waals surface area contributed by atoms with Crippen LogP contribution in [0, 0.1) is 51.7 Å². The SMILES string of the molecule is C.Cc1cc(C)c(-c2ccc(N)cc2)c(C)c1.Cc1cc(C)c(-c2ccc([N+](=O)[O-])cc2)c(C)c1.Cl. The minimum atomic E-state index is -0.376. The molecule has 0 bridgehead atoms. The average Bonchev–Trinajstić information content (AvgIpc) is 2.74. The van der Waals surface area contributed by atoms with Crippen LogP contribution in [0.4, 0.5) is 11.4 Å². The fourth-order valence-corrected chi connectivity index (χ4v) is 4.67. The van der Waals surface area contributed by atoms with E-state index >= 15 is 0 Å². The van der Waals surface area contributed by atoms with Crippen molar-refractivity contribution in [1.29, 1.82) is 0 Å². The van der Waals surface area contributed by atoms with E-state index in [0.717, 1.165) is 16.8 Å². The molecule has 0 unspecified atom stereocenters. The van der Waals surface area contributed by atoms with Gasteiger partial charge in [-0.3, -0.25) is 10.1 Å². The average molecular weight is 505 g/mol. The molecule has 0 aliphatic heterocycles. The van der Waals surface area contributed by atoms with Gasteiger partial charge in [-0.25, -0.2) is 0 Å². The maximum atomic E-state index is 10.6. The van der Waals surface area contributed by atoms with Gasteiger partial charge < -0.3 is 5.73 Å². The van der Waals surface area contributed by atoms with Crippen molar-refractivity contribution in [3.05, 3.63) is 116 Å². The first kappa shape index (κ1) is 30.4. The summed E-state index contributed by atoms with van der Waals surface area (Å²) in [6.07, 6.45) is 0. The largest absolute Gasteiger partial charge is 0.399 e. The summed E-state index contributed by atoms with van der Waals surface area (Å²) in [4.78, 5) is 10.3. The van der Waals surface area contributed by atoms with Crippen LogP contribution >= 0.6 is 12.4 Å². The summed E-state index contributed by atoms with van der Waals surface area (Å²) >= 11 is 0. The molecule has 190 valence electrons. The quantitative estimate of drug-likeness (QED) is 0.172. The molecule has 0 radical (unpaired) electrons. The van der Waals surface area contributed by atoms with Crippen LogP contribution in [0.2, 0.25) is 0 Å². The van der Waals surface area contributed by atoms with E-state index < -0.39 is 0 Å². The van der Waals surface area contributed by atoms with Crippen LogP contribution in [0.25, 0.3) is 22.3 Å². The molecule has 0 saturated heterocycles. The smallest absolute Gasteiger partial charge is 0.269 e. The van der Waals surface area contributed by atoms with Gasteiger partial charge in [0.15, 0.2) is 0 Å². The van der Waals surface area contributed by atoms with Crippen LogP contribution in [0.3, 0.4) is 0 Å². The Morgan fingerprint density at radius 2 is 0.917 bits per heavy atom. The van der Waals surface area contributed by atoms with Crippen LogP contribution in [-0.2, 0) is 0 Å². The number of aryl methyl sites for hydroxylation is 6. The Bertz CT molecular complexity index is 1280. The summed E-state index contributed by atoms with van der Waals surface area (Å²) in [6.45, 7) is 12.7. The molecule has 36 heavy (non-hydrogen) atoms. The third-order valence-corrected chi connectivity index (χ3v) is 5.92. The Hall–Kier alpha value is -3.63. The van der Waals surface area contributed by atoms with Crippen LogP contribution in [-0.4, -0.2) is 4.92 Å². The van der Waals surface area contributed by atoms with Gasteiger partial charge in [0.1, 0.15) is 0 Å². The summed E-state index contributed by atoms with van der Waals surface area (Å²) < 4.78 is 0. The predicted molar refractivity (Wildman–Crippen MR) is 157 cm³/mol. The summed E-state index contributed by atoms with van der Waals surface area (Å²) in [7, 11) is 0. The predicted octanol–water partition coefficient (Wildman–Crippen LogP) is 9.11. The topological polar surface area (TPSA) is 69.2 Å². The molecule has 0 heterocycles. The fraction of sp³-hybridized carbons (Fsp3) is 0.226. The highest BCUT2D eigenvalue weighted by Crippen LogP contribution is 2.30. The zero-order valence-electron chi connectivity index (χ0n) is 21.2. The van der Waals surface area contributed by atoms with Gasteiger partial charge in [0.2, 0.25) is 0 Å². The van der Waals surface area contributed by atoms with Gasteiger partial charge in [0, 0.05) is 17.8 Å². The molecule has 4 rings (SSSR count). The van der Waals surface area contributed by atoms with Gasteiger partial charge in [-0.15, -0.1) is 12.4 Å². The summed E-state index contributed by atoms with van der Waals surface area (Å²) in [5, 5.41) is 10.6. The second kappa shape index (κ2) is 12.9. The maximum Gasteiger partial charge on any atom is 0.269 e. The third-order valence-electron chi connectivity index (χ3n) is 5.92. The Morgan fingerprint density at radius 3 is 1.22 bits per heavy atom. The molecule has 0 atom stereocenters. The van der Waals surface area contributed by atoms with Crippen molar-refractivity contribution < 1.29 is 4.92 Å². The van der Waals surface area contributed by atoms with Gasteiger partial charge in [0.05, 0.1) is 4.92 Å². The lowest BCUT2D eigenvalue weighted by Gasteiger charge is -2.11. The lowest BCUT2D eigenvalue weighted by Crippen LogP contribution is -1.91. The highest BCUT2D eigenvalue weighted by molar-refractivity contribution is 5.85. The molecule has 0 spiro atoms. The zero-order chi connectivity index (χ0) is 25.0. The first-order valence-electron chi connectivity index (χ1n) is 11.3. The minimum Gasteiger partial charge on any atom is -0.399 e. The van der Waals surface area contributed by atoms with Gasteiger partial charge in [-0.05, 0) is 110 Å². The Kier molecular flexibility index (Phi) is 10.9. The van der Waals surface area contributed by atoms with Crippen molar-refractivity contribution in [2.75, 3.05) is 5.73 Å². The molecule has 0 aliphatic carbocycles. The lowest BCUT2D eigenvalue weighted by molar-refractivity contribution is -0.384. The molecule has 4 aromatic carbocycles. The van der Waals surface area contributed by atoms with Crippen LogP contribution in [0.15, 0.2) is 72.8 Å². The second-order valence-corrected chi connectivity index (χ2v) is 8.97. The molecule has 0 saturated carbocycles. The van der Waals surface area contributed by atoms with Crippen molar-refractivity contribution >= 4 is 23.8 Å². The number of non-ortho nitro benzene ring substituents is 1. The summed E-state index contributed by atoms with van der Waals surface area (Å²) in [5.41, 5.74) is 19.0. The van der Waals surface area contributed by atoms with Gasteiger partial charge in [0.25, 0.3) is 5.69 Å². The Balaban J connectivity index is 0.000000343. The van der Waals surface area contributed by atoms with E-state index in [0.29, 0.717) is 0 Å². The van der Waals surface area contributed by atoms with E-state index in [4.69, 9.17) is 5.73 Å². The lowest BCUT2D eigenvalue weighted by atomic mass is 9.94. The number of halogens is 1. The van der Waals surface area contributed by atoms with Gasteiger partial charge in [-0.2, -0.15) is 0 Å². The van der Waals surface area contributed by atoms with Crippen molar-refractivity contribution in [1.82, 2.24) is 0 Å². The van der Waals surface area contributed by atoms with E-state index in [1.165, 1.54) is 44.5 Å². The van der Waals surface area contributed by atoms with Gasteiger partial charge >= 0.3 is 0 Å². The zero-order valence-corrected chi connectivity index (χ0v) is 22.0. The molecule has 2 N–H and O–H groups in total. The fourth-order valence-electron chi connectivity index (χ4n) is 4.67. The van der Waals surface area contributed by atoms with Gasteiger partial charge in [-0.1, -0.05) is 55.0 Å². The van der Waals surface area contributed by atoms with Crippen molar-refractivity contribution in [2.24, 2.45) is 0 Å². The normalized spacial score (nSPS) is 9.83. The maximum absolute atomic E-state index is 10.6. The number of nitrogens with zero attached hydrogens (tertiary/aromatic N) is 1. The summed E-state index contributed by atoms with van der Waals surface area (Å²) in [5.74, 6) is 0. The first-order chi connectivity index (χ1) is 16.1. The van der Waals surface area contributed by atoms with E-state index in [1.54, 1.807) is 12.1 Å². The highest BCUT2D eigenvalue weighted by atomic mass is 35.5. The molecule has 0 aromatic heterocycles. The van der Waals surface area contributed by atoms with E-state index in [1.807, 2.05) is 24.3 Å². The molecule has 4 nitrogen and oxygen atoms in total. The van der Waals surface area contributed by atoms with Crippen LogP contribution in [0.5, 0.6) is 0 Å². The number of rotatable bonds is 3. The van der Waals surface area contributed by atoms with E-state index in [9.17, 15) is 10.1 Å². The van der Waals surface area contributed by atoms with Crippen molar-refractivity contribution in [3.63, 3.8) is 0 Å². The number of nitro benzene ring substituents is 1. The Morgan fingerprint density at radius 1 is 0.611 bits per heavy atom. The molecular weight excluding hydrogens is 468 g/mol. The number of anilines is 1. The number of nitro groups is 1. The molecular formula is C31H37ClN2O2. The molecule has 5 heteroatoms. The molecule has 0 fully saturated rings. The number of hydrogen-bond donors (Lipinski definition) is 1. The van der Waals surface area contributed by atoms with Crippen molar-refractivity contribution in [3.8, 4) is 22.3 Å². The number of hydrogen-bond acceptors (Lipinski definition) is 3. The highest BCUT2D eigenvalue weighted by Gasteiger charge is 2.09. The minimum absolute atomic E-state index is 0. The number of nitrogen functional groups attached to an aromatic ring is 1. The Labute approximate surface area is 221 Å². The van der Waals surface area contributed by atoms with Crippen LogP contribution in [0.1, 0.15) is 40.8 Å². The number of nitrogens with two attached hydrogens (primary N) is 1. The molecule has 4 aromatic rings. The van der Waals surface area contributed by atoms with E-state index in [-0.39, 0.29) is 30.4 Å². The molecule has 0 amide bonds. The third kappa shape index (κ3) is 7.19. The molecule has 0 aliphatic rings. The first-order valence-corrected chi connectivity index (χ1v) is 11.3. The monoisotopic (exact) mass is 504 g/mol. The number of benzene rings is 4. The van der Waals surface area contributed by atoms with E-state index in [2.05, 4.69) is 77.9 Å². The second-order valence-electron chi connectivity index (χ2n) is 8.97.